The number of hydrogen-bond acceptors (Lipinski definition) is 4. The molecule has 136 valence electrons. The number of halogens is 1. The average Bonchev–Trinajstić information content (AvgIpc) is 2.73. The van der Waals surface area contributed by atoms with Crippen LogP contribution in [-0.4, -0.2) is 9.55 Å². The van der Waals surface area contributed by atoms with Crippen LogP contribution in [0.5, 0.6) is 0 Å². The van der Waals surface area contributed by atoms with Crippen LogP contribution in [0.1, 0.15) is 11.1 Å². The summed E-state index contributed by atoms with van der Waals surface area (Å²) in [5.74, 6) is 0.622. The lowest BCUT2D eigenvalue weighted by Gasteiger charge is -2.13. The number of nitrogens with zero attached hydrogens (tertiary/aromatic N) is 3. The van der Waals surface area contributed by atoms with Crippen molar-refractivity contribution in [3.8, 4) is 11.8 Å². The zero-order valence-electron chi connectivity index (χ0n) is 14.7. The minimum Gasteiger partial charge on any atom is -0.268 e. The molecule has 0 fully saturated rings. The normalized spacial score (nSPS) is 10.7. The third kappa shape index (κ3) is 3.65. The molecule has 1 heterocycles. The molecule has 0 bridgehead atoms. The van der Waals surface area contributed by atoms with Crippen LogP contribution in [0.4, 0.5) is 0 Å². The molecule has 1 aromatic heterocycles. The topological polar surface area (TPSA) is 58.7 Å². The molecule has 0 saturated heterocycles. The van der Waals surface area contributed by atoms with Crippen molar-refractivity contribution in [2.45, 2.75) is 10.9 Å². The zero-order valence-corrected chi connectivity index (χ0v) is 16.2. The minimum absolute atomic E-state index is 0.129. The van der Waals surface area contributed by atoms with Crippen molar-refractivity contribution in [1.29, 1.82) is 5.26 Å². The van der Waals surface area contributed by atoms with Crippen LogP contribution in [0.15, 0.2) is 82.7 Å². The first-order chi connectivity index (χ1) is 13.7. The van der Waals surface area contributed by atoms with Crippen LogP contribution in [0, 0.1) is 11.3 Å². The molecule has 0 saturated carbocycles. The van der Waals surface area contributed by atoms with E-state index in [-0.39, 0.29) is 5.56 Å². The largest absolute Gasteiger partial charge is 0.268 e. The highest BCUT2D eigenvalue weighted by Gasteiger charge is 2.13. The monoisotopic (exact) mass is 403 g/mol. The van der Waals surface area contributed by atoms with Crippen LogP contribution in [0.3, 0.4) is 0 Å². The van der Waals surface area contributed by atoms with Gasteiger partial charge in [-0.05, 0) is 48.0 Å². The molecule has 28 heavy (non-hydrogen) atoms. The molecule has 4 aromatic rings. The molecule has 4 nitrogen and oxygen atoms in total. The van der Waals surface area contributed by atoms with Gasteiger partial charge in [-0.2, -0.15) is 5.26 Å². The van der Waals surface area contributed by atoms with Crippen LogP contribution < -0.4 is 5.56 Å². The number of rotatable bonds is 4. The molecule has 0 radical (unpaired) electrons. The lowest BCUT2D eigenvalue weighted by Crippen LogP contribution is -2.21. The second-order valence-electron chi connectivity index (χ2n) is 6.13. The predicted octanol–water partition coefficient (Wildman–Crippen LogP) is 5.20. The lowest BCUT2D eigenvalue weighted by molar-refractivity contribution is 0.819. The van der Waals surface area contributed by atoms with Crippen molar-refractivity contribution >= 4 is 34.3 Å². The van der Waals surface area contributed by atoms with Crippen molar-refractivity contribution in [2.24, 2.45) is 0 Å². The van der Waals surface area contributed by atoms with Crippen molar-refractivity contribution in [1.82, 2.24) is 9.55 Å². The molecule has 0 amide bonds. The summed E-state index contributed by atoms with van der Waals surface area (Å²) in [5, 5.41) is 10.6. The van der Waals surface area contributed by atoms with Gasteiger partial charge < -0.3 is 0 Å². The summed E-state index contributed by atoms with van der Waals surface area (Å²) >= 11 is 7.62. The van der Waals surface area contributed by atoms with E-state index in [2.05, 4.69) is 6.07 Å². The highest BCUT2D eigenvalue weighted by Crippen LogP contribution is 2.25. The van der Waals surface area contributed by atoms with Gasteiger partial charge >= 0.3 is 0 Å². The van der Waals surface area contributed by atoms with E-state index in [1.54, 1.807) is 34.9 Å². The maximum atomic E-state index is 13.2. The smallest absolute Gasteiger partial charge is 0.266 e. The Morgan fingerprint density at radius 2 is 1.82 bits per heavy atom. The molecule has 0 aliphatic carbocycles. The number of benzene rings is 3. The Kier molecular flexibility index (Phi) is 5.16. The Morgan fingerprint density at radius 1 is 1.04 bits per heavy atom. The molecule has 0 atom stereocenters. The standard InChI is InChI=1S/C22H14ClN3OS/c23-17-4-3-5-18(12-17)26-21(27)19-6-1-2-7-20(19)25-22(26)28-14-16-10-8-15(13-24)9-11-16/h1-12H,14H2. The van der Waals surface area contributed by atoms with Crippen LogP contribution in [0.25, 0.3) is 16.6 Å². The van der Waals surface area contributed by atoms with Gasteiger partial charge in [-0.3, -0.25) is 9.36 Å². The molecular weight excluding hydrogens is 390 g/mol. The number of thioether (sulfide) groups is 1. The average molecular weight is 404 g/mol. The Bertz CT molecular complexity index is 1260. The second-order valence-corrected chi connectivity index (χ2v) is 7.51. The molecule has 0 aliphatic heterocycles. The highest BCUT2D eigenvalue weighted by molar-refractivity contribution is 7.98. The van der Waals surface area contributed by atoms with E-state index in [9.17, 15) is 4.79 Å². The Hall–Kier alpha value is -3.07. The molecule has 0 spiro atoms. The van der Waals surface area contributed by atoms with Crippen LogP contribution in [0.2, 0.25) is 5.02 Å². The number of fused-ring (bicyclic) bond motifs is 1. The molecule has 3 aromatic carbocycles. The molecular formula is C22H14ClN3OS. The second kappa shape index (κ2) is 7.89. The van der Waals surface area contributed by atoms with Gasteiger partial charge in [0.15, 0.2) is 5.16 Å². The maximum Gasteiger partial charge on any atom is 0.266 e. The highest BCUT2D eigenvalue weighted by atomic mass is 35.5. The van der Waals surface area contributed by atoms with E-state index in [1.807, 2.05) is 42.5 Å². The first kappa shape index (κ1) is 18.3. The van der Waals surface area contributed by atoms with Crippen LogP contribution in [-0.2, 0) is 5.75 Å². The maximum absolute atomic E-state index is 13.2. The molecule has 0 aliphatic rings. The third-order valence-electron chi connectivity index (χ3n) is 4.26. The van der Waals surface area contributed by atoms with Gasteiger partial charge in [-0.15, -0.1) is 0 Å². The van der Waals surface area contributed by atoms with Crippen molar-refractivity contribution in [2.75, 3.05) is 0 Å². The summed E-state index contributed by atoms with van der Waals surface area (Å²) in [6, 6.07) is 24.0. The van der Waals surface area contributed by atoms with Gasteiger partial charge in [0.25, 0.3) is 5.56 Å². The van der Waals surface area contributed by atoms with E-state index >= 15 is 0 Å². The van der Waals surface area contributed by atoms with Gasteiger partial charge in [0, 0.05) is 10.8 Å². The fourth-order valence-electron chi connectivity index (χ4n) is 2.88. The molecule has 0 N–H and O–H groups in total. The number of hydrogen-bond donors (Lipinski definition) is 0. The van der Waals surface area contributed by atoms with E-state index in [4.69, 9.17) is 21.8 Å². The Balaban J connectivity index is 1.80. The van der Waals surface area contributed by atoms with E-state index in [0.717, 1.165) is 5.56 Å². The van der Waals surface area contributed by atoms with Gasteiger partial charge in [0.05, 0.1) is 28.2 Å². The predicted molar refractivity (Wildman–Crippen MR) is 113 cm³/mol. The van der Waals surface area contributed by atoms with Gasteiger partial charge in [0.2, 0.25) is 0 Å². The molecule has 6 heteroatoms. The third-order valence-corrected chi connectivity index (χ3v) is 5.51. The van der Waals surface area contributed by atoms with Gasteiger partial charge in [0.1, 0.15) is 0 Å². The minimum atomic E-state index is -0.129. The molecule has 0 unspecified atom stereocenters. The van der Waals surface area contributed by atoms with Gasteiger partial charge in [-0.1, -0.05) is 53.7 Å². The van der Waals surface area contributed by atoms with E-state index in [1.165, 1.54) is 11.8 Å². The Morgan fingerprint density at radius 3 is 2.57 bits per heavy atom. The summed E-state index contributed by atoms with van der Waals surface area (Å²) in [7, 11) is 0. The van der Waals surface area contributed by atoms with Gasteiger partial charge in [-0.25, -0.2) is 4.98 Å². The summed E-state index contributed by atoms with van der Waals surface area (Å²) in [6.07, 6.45) is 0. The first-order valence-corrected chi connectivity index (χ1v) is 9.91. The number of para-hydroxylation sites is 1. The van der Waals surface area contributed by atoms with E-state index in [0.29, 0.717) is 38.1 Å². The van der Waals surface area contributed by atoms with Crippen molar-refractivity contribution in [3.63, 3.8) is 0 Å². The fourth-order valence-corrected chi connectivity index (χ4v) is 4.03. The Labute approximate surface area is 171 Å². The summed E-state index contributed by atoms with van der Waals surface area (Å²) < 4.78 is 1.60. The lowest BCUT2D eigenvalue weighted by atomic mass is 10.2. The summed E-state index contributed by atoms with van der Waals surface area (Å²) in [5.41, 5.74) is 2.87. The summed E-state index contributed by atoms with van der Waals surface area (Å²) in [4.78, 5) is 17.9. The zero-order chi connectivity index (χ0) is 19.5. The van der Waals surface area contributed by atoms with E-state index < -0.39 is 0 Å². The SMILES string of the molecule is N#Cc1ccc(CSc2nc3ccccc3c(=O)n2-c2cccc(Cl)c2)cc1. The van der Waals surface area contributed by atoms with Crippen molar-refractivity contribution in [3.05, 3.63) is 99.3 Å². The van der Waals surface area contributed by atoms with Crippen LogP contribution >= 0.6 is 23.4 Å². The quantitative estimate of drug-likeness (QED) is 0.347. The summed E-state index contributed by atoms with van der Waals surface area (Å²) in [6.45, 7) is 0. The molecule has 4 rings (SSSR count). The number of nitriles is 1. The first-order valence-electron chi connectivity index (χ1n) is 8.55. The fraction of sp³-hybridized carbons (Fsp3) is 0.0455. The number of aromatic nitrogens is 2. The van der Waals surface area contributed by atoms with Crippen molar-refractivity contribution < 1.29 is 0 Å².